The zero-order valence-corrected chi connectivity index (χ0v) is 19.1. The summed E-state index contributed by atoms with van der Waals surface area (Å²) in [5.41, 5.74) is 11.7. The summed E-state index contributed by atoms with van der Waals surface area (Å²) in [6, 6.07) is 18.7. The highest BCUT2D eigenvalue weighted by Crippen LogP contribution is 2.26. The van der Waals surface area contributed by atoms with Crippen molar-refractivity contribution in [2.24, 2.45) is 0 Å². The number of hydrogen-bond donors (Lipinski definition) is 4. The maximum Gasteiger partial charge on any atom is 0.303 e. The number of anilines is 1. The molecule has 0 aliphatic carbocycles. The zero-order valence-electron chi connectivity index (χ0n) is 19.1. The predicted octanol–water partition coefficient (Wildman–Crippen LogP) is 5.11. The van der Waals surface area contributed by atoms with Crippen LogP contribution in [0.4, 0.5) is 5.69 Å². The lowest BCUT2D eigenvalue weighted by Gasteiger charge is -2.11. The van der Waals surface area contributed by atoms with Crippen molar-refractivity contribution in [1.82, 2.24) is 10.3 Å². The van der Waals surface area contributed by atoms with E-state index in [9.17, 15) is 9.59 Å². The minimum absolute atomic E-state index is 0.0981. The average Bonchev–Trinajstić information content (AvgIpc) is 3.13. The van der Waals surface area contributed by atoms with Gasteiger partial charge in [0.2, 0.25) is 0 Å². The minimum Gasteiger partial charge on any atom is -0.481 e. The number of carbonyl (C=O) groups is 2. The molecule has 0 fully saturated rings. The molecule has 174 valence electrons. The molecule has 1 heterocycles. The first-order chi connectivity index (χ1) is 16.3. The van der Waals surface area contributed by atoms with Gasteiger partial charge in [0.1, 0.15) is 17.2 Å². The molecule has 0 saturated heterocycles. The number of H-pyrrole nitrogens is 1. The number of rotatable bonds is 8. The van der Waals surface area contributed by atoms with Crippen LogP contribution in [-0.4, -0.2) is 22.0 Å². The van der Waals surface area contributed by atoms with Crippen molar-refractivity contribution in [2.75, 3.05) is 5.73 Å². The molecule has 0 saturated carbocycles. The average molecular weight is 458 g/mol. The van der Waals surface area contributed by atoms with E-state index in [-0.39, 0.29) is 12.3 Å². The van der Waals surface area contributed by atoms with E-state index in [0.29, 0.717) is 35.8 Å². The maximum atomic E-state index is 12.8. The Hall–Kier alpha value is -4.26. The number of aromatic nitrogens is 1. The van der Waals surface area contributed by atoms with Gasteiger partial charge in [-0.15, -0.1) is 0 Å². The summed E-state index contributed by atoms with van der Waals surface area (Å²) in [5.74, 6) is 0.326. The van der Waals surface area contributed by atoms with E-state index < -0.39 is 5.97 Å². The molecule has 4 rings (SSSR count). The minimum atomic E-state index is -0.812. The number of fused-ring (bicyclic) bond motifs is 1. The van der Waals surface area contributed by atoms with Crippen LogP contribution in [0.1, 0.15) is 39.2 Å². The van der Waals surface area contributed by atoms with Crippen molar-refractivity contribution < 1.29 is 19.4 Å². The second-order valence-electron chi connectivity index (χ2n) is 8.34. The summed E-state index contributed by atoms with van der Waals surface area (Å²) in [5, 5.41) is 12.8. The summed E-state index contributed by atoms with van der Waals surface area (Å²) in [6.45, 7) is 4.19. The van der Waals surface area contributed by atoms with E-state index in [1.54, 1.807) is 6.07 Å². The van der Waals surface area contributed by atoms with Gasteiger partial charge in [-0.25, -0.2) is 0 Å². The Morgan fingerprint density at radius 2 is 1.82 bits per heavy atom. The fraction of sp³-hybridized carbons (Fsp3) is 0.185. The summed E-state index contributed by atoms with van der Waals surface area (Å²) >= 11 is 0. The molecule has 0 bridgehead atoms. The number of nitrogen functional groups attached to an aromatic ring is 1. The van der Waals surface area contributed by atoms with Crippen molar-refractivity contribution in [2.45, 2.75) is 33.2 Å². The molecular formula is C27H27N3O4. The number of hydrogen-bond acceptors (Lipinski definition) is 4. The first-order valence-corrected chi connectivity index (χ1v) is 11.0. The standard InChI is InChI=1S/C27H27N3O4/c1-16-12-22(9-6-19(16)7-11-25(31)32)34-21-5-3-4-18(13-21)15-29-27(33)26-17(2)23-14-20(28)8-10-24(23)30-26/h3-6,8-10,12-14,30H,7,11,15,28H2,1-2H3,(H,29,33)(H,31,32). The Kier molecular flexibility index (Phi) is 6.54. The normalized spacial score (nSPS) is 10.9. The molecule has 0 radical (unpaired) electrons. The number of nitrogens with one attached hydrogen (secondary N) is 2. The Labute approximate surface area is 197 Å². The van der Waals surface area contributed by atoms with Crippen LogP contribution in [0, 0.1) is 13.8 Å². The van der Waals surface area contributed by atoms with E-state index in [1.807, 2.05) is 68.4 Å². The Morgan fingerprint density at radius 3 is 2.59 bits per heavy atom. The molecule has 4 aromatic rings. The monoisotopic (exact) mass is 457 g/mol. The molecule has 0 aliphatic heterocycles. The van der Waals surface area contributed by atoms with Gasteiger partial charge in [0.25, 0.3) is 5.91 Å². The number of carboxylic acid groups (broad SMARTS) is 1. The fourth-order valence-electron chi connectivity index (χ4n) is 3.95. The molecule has 1 amide bonds. The second kappa shape index (κ2) is 9.70. The number of aromatic amines is 1. The van der Waals surface area contributed by atoms with Gasteiger partial charge in [0.15, 0.2) is 0 Å². The van der Waals surface area contributed by atoms with Gasteiger partial charge in [-0.2, -0.15) is 0 Å². The SMILES string of the molecule is Cc1cc(Oc2cccc(CNC(=O)c3[nH]c4ccc(N)cc4c3C)c2)ccc1CCC(=O)O. The molecule has 0 unspecified atom stereocenters. The quantitative estimate of drug-likeness (QED) is 0.274. The van der Waals surface area contributed by atoms with Gasteiger partial charge in [-0.3, -0.25) is 9.59 Å². The summed E-state index contributed by atoms with van der Waals surface area (Å²) in [4.78, 5) is 26.8. The van der Waals surface area contributed by atoms with E-state index >= 15 is 0 Å². The van der Waals surface area contributed by atoms with Crippen molar-refractivity contribution in [3.63, 3.8) is 0 Å². The molecule has 0 aliphatic rings. The largest absolute Gasteiger partial charge is 0.481 e. The number of benzene rings is 3. The molecule has 3 aromatic carbocycles. The Bertz CT molecular complexity index is 1370. The highest BCUT2D eigenvalue weighted by molar-refractivity contribution is 6.01. The molecule has 0 spiro atoms. The van der Waals surface area contributed by atoms with Crippen LogP contribution in [0.2, 0.25) is 0 Å². The van der Waals surface area contributed by atoms with E-state index in [2.05, 4.69) is 10.3 Å². The number of carboxylic acids is 1. The molecular weight excluding hydrogens is 430 g/mol. The van der Waals surface area contributed by atoms with Crippen LogP contribution < -0.4 is 15.8 Å². The molecule has 7 nitrogen and oxygen atoms in total. The van der Waals surface area contributed by atoms with Crippen LogP contribution in [-0.2, 0) is 17.8 Å². The van der Waals surface area contributed by atoms with Crippen LogP contribution in [0.5, 0.6) is 11.5 Å². The lowest BCUT2D eigenvalue weighted by molar-refractivity contribution is -0.136. The first-order valence-electron chi connectivity index (χ1n) is 11.0. The summed E-state index contributed by atoms with van der Waals surface area (Å²) in [6.07, 6.45) is 0.584. The number of amides is 1. The third-order valence-corrected chi connectivity index (χ3v) is 5.82. The van der Waals surface area contributed by atoms with Gasteiger partial charge in [-0.1, -0.05) is 18.2 Å². The molecule has 7 heteroatoms. The van der Waals surface area contributed by atoms with E-state index in [0.717, 1.165) is 33.2 Å². The van der Waals surface area contributed by atoms with Crippen molar-refractivity contribution in [1.29, 1.82) is 0 Å². The van der Waals surface area contributed by atoms with Gasteiger partial charge >= 0.3 is 5.97 Å². The van der Waals surface area contributed by atoms with Gasteiger partial charge in [-0.05, 0) is 85.0 Å². The van der Waals surface area contributed by atoms with Gasteiger partial charge < -0.3 is 25.9 Å². The number of aryl methyl sites for hydroxylation is 3. The van der Waals surface area contributed by atoms with Crippen LogP contribution in [0.15, 0.2) is 60.7 Å². The van der Waals surface area contributed by atoms with Crippen LogP contribution >= 0.6 is 0 Å². The molecule has 1 aromatic heterocycles. The summed E-state index contributed by atoms with van der Waals surface area (Å²) in [7, 11) is 0. The van der Waals surface area contributed by atoms with Crippen molar-refractivity contribution >= 4 is 28.5 Å². The first kappa shape index (κ1) is 22.9. The van der Waals surface area contributed by atoms with Crippen molar-refractivity contribution in [3.05, 3.63) is 88.6 Å². The number of aliphatic carboxylic acids is 1. The van der Waals surface area contributed by atoms with E-state index in [1.165, 1.54) is 0 Å². The third kappa shape index (κ3) is 5.20. The molecule has 34 heavy (non-hydrogen) atoms. The Balaban J connectivity index is 1.41. The third-order valence-electron chi connectivity index (χ3n) is 5.82. The molecule has 5 N–H and O–H groups in total. The van der Waals surface area contributed by atoms with E-state index in [4.69, 9.17) is 15.6 Å². The van der Waals surface area contributed by atoms with Crippen LogP contribution in [0.3, 0.4) is 0 Å². The fourth-order valence-corrected chi connectivity index (χ4v) is 3.95. The summed E-state index contributed by atoms with van der Waals surface area (Å²) < 4.78 is 6.00. The second-order valence-corrected chi connectivity index (χ2v) is 8.34. The smallest absolute Gasteiger partial charge is 0.303 e. The topological polar surface area (TPSA) is 117 Å². The lowest BCUT2D eigenvalue weighted by Crippen LogP contribution is -2.23. The van der Waals surface area contributed by atoms with Crippen molar-refractivity contribution in [3.8, 4) is 11.5 Å². The highest BCUT2D eigenvalue weighted by atomic mass is 16.5. The van der Waals surface area contributed by atoms with Gasteiger partial charge in [0, 0.05) is 29.6 Å². The maximum absolute atomic E-state index is 12.8. The van der Waals surface area contributed by atoms with Gasteiger partial charge in [0.05, 0.1) is 0 Å². The lowest BCUT2D eigenvalue weighted by atomic mass is 10.0. The van der Waals surface area contributed by atoms with Crippen LogP contribution in [0.25, 0.3) is 10.9 Å². The zero-order chi connectivity index (χ0) is 24.2. The molecule has 0 atom stereocenters. The Morgan fingerprint density at radius 1 is 1.03 bits per heavy atom. The highest BCUT2D eigenvalue weighted by Gasteiger charge is 2.15. The predicted molar refractivity (Wildman–Crippen MR) is 132 cm³/mol. The number of nitrogens with two attached hydrogens (primary N) is 1. The number of ether oxygens (including phenoxy) is 1. The number of carbonyl (C=O) groups excluding carboxylic acids is 1.